The summed E-state index contributed by atoms with van der Waals surface area (Å²) in [4.78, 5) is 25.9. The minimum Gasteiger partial charge on any atom is -0.490 e. The molecule has 0 spiro atoms. The molecule has 1 aromatic carbocycles. The number of nitrogens with zero attached hydrogens (tertiary/aromatic N) is 4. The van der Waals surface area contributed by atoms with Gasteiger partial charge in [0.25, 0.3) is 0 Å². The fraction of sp³-hybridized carbons (Fsp3) is 0.526. The van der Waals surface area contributed by atoms with Crippen LogP contribution in [0.15, 0.2) is 39.7 Å². The number of amidine groups is 1. The molecule has 0 unspecified atom stereocenters. The Bertz CT molecular complexity index is 774. The summed E-state index contributed by atoms with van der Waals surface area (Å²) in [6.07, 6.45) is 1.39. The molecule has 2 aliphatic heterocycles. The topological polar surface area (TPSA) is 95.7 Å². The van der Waals surface area contributed by atoms with Crippen molar-refractivity contribution in [3.8, 4) is 5.75 Å². The Labute approximate surface area is 158 Å². The molecule has 144 valence electrons. The zero-order chi connectivity index (χ0) is 19.4. The van der Waals surface area contributed by atoms with Crippen LogP contribution in [0.2, 0.25) is 0 Å². The minimum atomic E-state index is -0.696. The first-order valence-corrected chi connectivity index (χ1v) is 9.14. The van der Waals surface area contributed by atoms with Gasteiger partial charge in [-0.1, -0.05) is 39.0 Å². The van der Waals surface area contributed by atoms with E-state index in [9.17, 15) is 9.59 Å². The summed E-state index contributed by atoms with van der Waals surface area (Å²) < 4.78 is 6.23. The Morgan fingerprint density at radius 2 is 1.89 bits per heavy atom. The van der Waals surface area contributed by atoms with Gasteiger partial charge in [-0.25, -0.2) is 0 Å². The summed E-state index contributed by atoms with van der Waals surface area (Å²) in [6.45, 7) is 7.63. The molecule has 1 N–H and O–H groups in total. The lowest BCUT2D eigenvalue weighted by molar-refractivity contribution is -0.146. The highest BCUT2D eigenvalue weighted by Crippen LogP contribution is 2.32. The highest BCUT2D eigenvalue weighted by atomic mass is 16.5. The first-order valence-electron chi connectivity index (χ1n) is 9.14. The lowest BCUT2D eigenvalue weighted by Gasteiger charge is -2.33. The average molecular weight is 371 g/mol. The van der Waals surface area contributed by atoms with Crippen molar-refractivity contribution in [2.24, 2.45) is 15.4 Å². The van der Waals surface area contributed by atoms with Crippen LogP contribution in [-0.2, 0) is 15.0 Å². The number of carbonyl (C=O) groups is 2. The maximum absolute atomic E-state index is 12.3. The minimum absolute atomic E-state index is 0.00706. The Balaban J connectivity index is 1.53. The van der Waals surface area contributed by atoms with Gasteiger partial charge < -0.3 is 15.0 Å². The van der Waals surface area contributed by atoms with Crippen molar-refractivity contribution < 1.29 is 14.3 Å². The zero-order valence-corrected chi connectivity index (χ0v) is 15.9. The number of nitrogens with one attached hydrogen (secondary N) is 1. The molecule has 0 aliphatic carbocycles. The molecule has 1 saturated heterocycles. The number of likely N-dealkylation sites (tertiary alicyclic amines) is 1. The summed E-state index contributed by atoms with van der Waals surface area (Å²) in [6, 6.07) is 8.06. The number of hydrogen-bond donors (Lipinski definition) is 1. The third-order valence-electron chi connectivity index (χ3n) is 4.62. The molecule has 0 radical (unpaired) electrons. The molecule has 2 amide bonds. The summed E-state index contributed by atoms with van der Waals surface area (Å²) in [5, 5.41) is 13.1. The van der Waals surface area contributed by atoms with E-state index in [1.165, 1.54) is 0 Å². The fourth-order valence-corrected chi connectivity index (χ4v) is 3.15. The Morgan fingerprint density at radius 3 is 2.52 bits per heavy atom. The molecule has 0 aromatic heterocycles. The first-order chi connectivity index (χ1) is 12.8. The standard InChI is InChI=1S/C19H25N5O3/c1-19(2,3)14-6-4-5-7-15(14)27-13-8-10-24(11-9-13)18(26)17(25)21-16-12-20-23-22-16/h4-7,13H,8-12H2,1-3H3,(H,20,21,22,25). The van der Waals surface area contributed by atoms with E-state index >= 15 is 0 Å². The molecule has 1 fully saturated rings. The second kappa shape index (κ2) is 7.85. The lowest BCUT2D eigenvalue weighted by atomic mass is 9.86. The van der Waals surface area contributed by atoms with E-state index in [0.717, 1.165) is 11.3 Å². The largest absolute Gasteiger partial charge is 0.490 e. The second-order valence-electron chi connectivity index (χ2n) is 7.75. The van der Waals surface area contributed by atoms with Crippen molar-refractivity contribution in [2.75, 3.05) is 19.6 Å². The predicted octanol–water partition coefficient (Wildman–Crippen LogP) is 2.25. The molecule has 0 saturated carbocycles. The number of benzene rings is 1. The smallest absolute Gasteiger partial charge is 0.314 e. The van der Waals surface area contributed by atoms with Crippen LogP contribution in [-0.4, -0.2) is 48.3 Å². The second-order valence-corrected chi connectivity index (χ2v) is 7.75. The summed E-state index contributed by atoms with van der Waals surface area (Å²) in [5.41, 5.74) is 1.16. The molecular weight excluding hydrogens is 346 g/mol. The van der Waals surface area contributed by atoms with Gasteiger partial charge in [0.2, 0.25) is 0 Å². The van der Waals surface area contributed by atoms with E-state index in [1.807, 2.05) is 18.2 Å². The summed E-state index contributed by atoms with van der Waals surface area (Å²) >= 11 is 0. The third kappa shape index (κ3) is 4.69. The number of hydrogen-bond acceptors (Lipinski definition) is 6. The van der Waals surface area contributed by atoms with Crippen LogP contribution in [0.5, 0.6) is 5.75 Å². The van der Waals surface area contributed by atoms with Crippen molar-refractivity contribution in [3.63, 3.8) is 0 Å². The molecule has 2 aliphatic rings. The number of amides is 2. The van der Waals surface area contributed by atoms with Crippen LogP contribution in [0.4, 0.5) is 0 Å². The van der Waals surface area contributed by atoms with E-state index in [0.29, 0.717) is 31.8 Å². The van der Waals surface area contributed by atoms with Gasteiger partial charge in [0.05, 0.1) is 0 Å². The zero-order valence-electron chi connectivity index (χ0n) is 15.9. The molecule has 2 heterocycles. The van der Waals surface area contributed by atoms with E-state index in [4.69, 9.17) is 4.74 Å². The average Bonchev–Trinajstić information content (AvgIpc) is 3.14. The highest BCUT2D eigenvalue weighted by molar-refractivity contribution is 6.38. The van der Waals surface area contributed by atoms with Gasteiger partial charge in [-0.3, -0.25) is 9.59 Å². The van der Waals surface area contributed by atoms with E-state index in [1.54, 1.807) is 4.90 Å². The molecule has 27 heavy (non-hydrogen) atoms. The maximum Gasteiger partial charge on any atom is 0.314 e. The molecule has 0 atom stereocenters. The van der Waals surface area contributed by atoms with Crippen LogP contribution in [0.25, 0.3) is 0 Å². The lowest BCUT2D eigenvalue weighted by Crippen LogP contribution is -2.49. The van der Waals surface area contributed by atoms with Crippen LogP contribution in [0.3, 0.4) is 0 Å². The monoisotopic (exact) mass is 371 g/mol. The summed E-state index contributed by atoms with van der Waals surface area (Å²) in [5.74, 6) is -0.0683. The predicted molar refractivity (Wildman–Crippen MR) is 101 cm³/mol. The van der Waals surface area contributed by atoms with Crippen molar-refractivity contribution >= 4 is 17.6 Å². The van der Waals surface area contributed by atoms with Gasteiger partial charge in [0.15, 0.2) is 5.84 Å². The van der Waals surface area contributed by atoms with Crippen molar-refractivity contribution in [3.05, 3.63) is 29.8 Å². The van der Waals surface area contributed by atoms with Gasteiger partial charge in [-0.05, 0) is 22.3 Å². The maximum atomic E-state index is 12.3. The highest BCUT2D eigenvalue weighted by Gasteiger charge is 2.29. The first kappa shape index (κ1) is 19.0. The molecule has 3 rings (SSSR count). The van der Waals surface area contributed by atoms with Gasteiger partial charge in [-0.2, -0.15) is 5.11 Å². The quantitative estimate of drug-likeness (QED) is 0.808. The number of piperidine rings is 1. The van der Waals surface area contributed by atoms with Gasteiger partial charge in [0, 0.05) is 25.9 Å². The Hall–Kier alpha value is -2.77. The van der Waals surface area contributed by atoms with Crippen LogP contribution in [0, 0.1) is 0 Å². The van der Waals surface area contributed by atoms with E-state index < -0.39 is 11.8 Å². The van der Waals surface area contributed by atoms with E-state index in [2.05, 4.69) is 47.6 Å². The molecule has 1 aromatic rings. The molecule has 8 heteroatoms. The van der Waals surface area contributed by atoms with E-state index in [-0.39, 0.29) is 18.1 Å². The SMILES string of the molecule is CC(C)(C)c1ccccc1OC1CCN(C(=O)C(=O)NC2=NN=NC2)CC1. The molecule has 8 nitrogen and oxygen atoms in total. The number of carbonyl (C=O) groups excluding carboxylic acids is 2. The number of para-hydroxylation sites is 1. The molecule has 0 bridgehead atoms. The Morgan fingerprint density at radius 1 is 1.19 bits per heavy atom. The summed E-state index contributed by atoms with van der Waals surface area (Å²) in [7, 11) is 0. The number of rotatable bonds is 2. The normalized spacial score (nSPS) is 17.6. The van der Waals surface area contributed by atoms with Gasteiger partial charge >= 0.3 is 11.8 Å². The van der Waals surface area contributed by atoms with Crippen LogP contribution < -0.4 is 10.1 Å². The van der Waals surface area contributed by atoms with Gasteiger partial charge in [-0.15, -0.1) is 5.10 Å². The fourth-order valence-electron chi connectivity index (χ4n) is 3.15. The van der Waals surface area contributed by atoms with Crippen LogP contribution in [0.1, 0.15) is 39.2 Å². The molecular formula is C19H25N5O3. The van der Waals surface area contributed by atoms with Crippen molar-refractivity contribution in [1.82, 2.24) is 10.2 Å². The number of ether oxygens (including phenoxy) is 1. The van der Waals surface area contributed by atoms with Crippen molar-refractivity contribution in [2.45, 2.75) is 45.1 Å². The Kier molecular flexibility index (Phi) is 5.53. The van der Waals surface area contributed by atoms with Gasteiger partial charge in [0.1, 0.15) is 18.4 Å². The van der Waals surface area contributed by atoms with Crippen LogP contribution >= 0.6 is 0 Å². The third-order valence-corrected chi connectivity index (χ3v) is 4.62. The van der Waals surface area contributed by atoms with Crippen molar-refractivity contribution in [1.29, 1.82) is 0 Å².